The number of rotatable bonds is 2. The van der Waals surface area contributed by atoms with E-state index < -0.39 is 0 Å². The Labute approximate surface area is 147 Å². The number of hydrogen-bond donors (Lipinski definition) is 0. The van der Waals surface area contributed by atoms with Gasteiger partial charge in [-0.25, -0.2) is 0 Å². The fourth-order valence-electron chi connectivity index (χ4n) is 6.15. The van der Waals surface area contributed by atoms with Crippen molar-refractivity contribution in [2.24, 2.45) is 17.8 Å². The molecule has 0 amide bonds. The van der Waals surface area contributed by atoms with Crippen LogP contribution in [0.25, 0.3) is 11.1 Å². The lowest BCUT2D eigenvalue weighted by atomic mass is 9.48. The van der Waals surface area contributed by atoms with Crippen molar-refractivity contribution in [3.63, 3.8) is 0 Å². The molecule has 0 aliphatic heterocycles. The maximum atomic E-state index is 3.58. The lowest BCUT2D eigenvalue weighted by Gasteiger charge is -2.57. The van der Waals surface area contributed by atoms with Crippen LogP contribution < -0.4 is 0 Å². The maximum absolute atomic E-state index is 3.58. The molecule has 0 heterocycles. The van der Waals surface area contributed by atoms with Crippen molar-refractivity contribution >= 4 is 15.9 Å². The van der Waals surface area contributed by atoms with Crippen molar-refractivity contribution in [3.8, 4) is 11.1 Å². The van der Waals surface area contributed by atoms with Gasteiger partial charge >= 0.3 is 0 Å². The third-order valence-corrected chi connectivity index (χ3v) is 7.19. The van der Waals surface area contributed by atoms with E-state index in [0.717, 1.165) is 22.2 Å². The summed E-state index contributed by atoms with van der Waals surface area (Å²) in [5, 5.41) is 0. The molecule has 0 nitrogen and oxygen atoms in total. The van der Waals surface area contributed by atoms with Gasteiger partial charge in [-0.1, -0.05) is 52.3 Å². The molecule has 4 bridgehead atoms. The minimum absolute atomic E-state index is 0.518. The molecular weight excluding hydrogens is 344 g/mol. The average Bonchev–Trinajstić information content (AvgIpc) is 2.54. The Morgan fingerprint density at radius 3 is 1.91 bits per heavy atom. The molecule has 4 fully saturated rings. The van der Waals surface area contributed by atoms with Gasteiger partial charge in [-0.05, 0) is 90.5 Å². The quantitative estimate of drug-likeness (QED) is 0.562. The van der Waals surface area contributed by atoms with Gasteiger partial charge in [0.25, 0.3) is 0 Å². The Morgan fingerprint density at radius 2 is 1.35 bits per heavy atom. The lowest BCUT2D eigenvalue weighted by molar-refractivity contribution is -0.00518. The predicted molar refractivity (Wildman–Crippen MR) is 99.4 cm³/mol. The molecule has 6 rings (SSSR count). The van der Waals surface area contributed by atoms with Gasteiger partial charge < -0.3 is 0 Å². The topological polar surface area (TPSA) is 0 Å². The van der Waals surface area contributed by atoms with Gasteiger partial charge in [0, 0.05) is 4.47 Å². The summed E-state index contributed by atoms with van der Waals surface area (Å²) in [4.78, 5) is 0. The van der Waals surface area contributed by atoms with Gasteiger partial charge in [-0.3, -0.25) is 0 Å². The molecule has 4 aliphatic carbocycles. The SMILES string of the molecule is Brc1cccc(-c2ccc(C34CC5CC(CC(C5)C3)C4)cc2)c1. The van der Waals surface area contributed by atoms with Crippen LogP contribution in [-0.2, 0) is 5.41 Å². The zero-order chi connectivity index (χ0) is 15.4. The van der Waals surface area contributed by atoms with Crippen molar-refractivity contribution in [1.29, 1.82) is 0 Å². The normalized spacial score (nSPS) is 34.7. The van der Waals surface area contributed by atoms with Crippen LogP contribution in [0.3, 0.4) is 0 Å². The Balaban J connectivity index is 1.48. The highest BCUT2D eigenvalue weighted by atomic mass is 79.9. The molecule has 0 N–H and O–H groups in total. The molecule has 0 saturated heterocycles. The molecule has 2 aromatic carbocycles. The van der Waals surface area contributed by atoms with E-state index in [9.17, 15) is 0 Å². The predicted octanol–water partition coefficient (Wildman–Crippen LogP) is 6.58. The van der Waals surface area contributed by atoms with E-state index in [4.69, 9.17) is 0 Å². The van der Waals surface area contributed by atoms with Crippen LogP contribution in [-0.4, -0.2) is 0 Å². The highest BCUT2D eigenvalue weighted by Crippen LogP contribution is 2.60. The second-order valence-electron chi connectivity index (χ2n) is 8.29. The van der Waals surface area contributed by atoms with E-state index in [0.29, 0.717) is 5.41 Å². The summed E-state index contributed by atoms with van der Waals surface area (Å²) in [7, 11) is 0. The van der Waals surface area contributed by atoms with E-state index in [1.54, 1.807) is 5.56 Å². The number of benzene rings is 2. The second-order valence-corrected chi connectivity index (χ2v) is 9.20. The fraction of sp³-hybridized carbons (Fsp3) is 0.455. The fourth-order valence-corrected chi connectivity index (χ4v) is 6.55. The first-order chi connectivity index (χ1) is 11.2. The van der Waals surface area contributed by atoms with Gasteiger partial charge in [-0.15, -0.1) is 0 Å². The Kier molecular flexibility index (Phi) is 3.23. The summed E-state index contributed by atoms with van der Waals surface area (Å²) in [5.74, 6) is 3.06. The smallest absolute Gasteiger partial charge is 0.0181 e. The summed E-state index contributed by atoms with van der Waals surface area (Å²) in [6.07, 6.45) is 8.93. The second kappa shape index (κ2) is 5.21. The van der Waals surface area contributed by atoms with E-state index in [1.807, 2.05) is 0 Å². The minimum atomic E-state index is 0.518. The first kappa shape index (κ1) is 14.3. The molecule has 4 saturated carbocycles. The van der Waals surface area contributed by atoms with E-state index in [-0.39, 0.29) is 0 Å². The summed E-state index contributed by atoms with van der Waals surface area (Å²) in [6.45, 7) is 0. The van der Waals surface area contributed by atoms with Crippen LogP contribution in [0.4, 0.5) is 0 Å². The largest absolute Gasteiger partial charge is 0.0605 e. The Hall–Kier alpha value is -1.08. The highest BCUT2D eigenvalue weighted by molar-refractivity contribution is 9.10. The summed E-state index contributed by atoms with van der Waals surface area (Å²) in [5.41, 5.74) is 4.77. The zero-order valence-corrected chi connectivity index (χ0v) is 15.1. The minimum Gasteiger partial charge on any atom is -0.0605 e. The molecule has 2 aromatic rings. The van der Waals surface area contributed by atoms with Gasteiger partial charge in [0.1, 0.15) is 0 Å². The van der Waals surface area contributed by atoms with Crippen LogP contribution in [0, 0.1) is 17.8 Å². The van der Waals surface area contributed by atoms with Gasteiger partial charge in [0.15, 0.2) is 0 Å². The number of halogens is 1. The van der Waals surface area contributed by atoms with Crippen molar-refractivity contribution in [3.05, 3.63) is 58.6 Å². The van der Waals surface area contributed by atoms with E-state index in [2.05, 4.69) is 64.5 Å². The molecule has 0 unspecified atom stereocenters. The monoisotopic (exact) mass is 366 g/mol. The molecule has 4 aliphatic rings. The summed E-state index contributed by atoms with van der Waals surface area (Å²) in [6, 6.07) is 18.2. The van der Waals surface area contributed by atoms with Crippen molar-refractivity contribution < 1.29 is 0 Å². The third-order valence-electron chi connectivity index (χ3n) is 6.69. The number of hydrogen-bond acceptors (Lipinski definition) is 0. The van der Waals surface area contributed by atoms with Crippen LogP contribution in [0.1, 0.15) is 44.1 Å². The average molecular weight is 367 g/mol. The molecule has 0 radical (unpaired) electrons. The first-order valence-corrected chi connectivity index (χ1v) is 9.86. The van der Waals surface area contributed by atoms with E-state index >= 15 is 0 Å². The molecule has 1 heteroatoms. The molecular formula is C22H23Br. The molecule has 0 spiro atoms. The maximum Gasteiger partial charge on any atom is 0.0181 e. The zero-order valence-electron chi connectivity index (χ0n) is 13.5. The van der Waals surface area contributed by atoms with Gasteiger partial charge in [0.2, 0.25) is 0 Å². The van der Waals surface area contributed by atoms with Gasteiger partial charge in [-0.2, -0.15) is 0 Å². The lowest BCUT2D eigenvalue weighted by Crippen LogP contribution is -2.48. The van der Waals surface area contributed by atoms with Crippen LogP contribution in [0.2, 0.25) is 0 Å². The van der Waals surface area contributed by atoms with Crippen LogP contribution in [0.5, 0.6) is 0 Å². The van der Waals surface area contributed by atoms with Crippen LogP contribution >= 0.6 is 15.9 Å². The molecule has 118 valence electrons. The molecule has 0 aromatic heterocycles. The highest BCUT2D eigenvalue weighted by Gasteiger charge is 2.51. The van der Waals surface area contributed by atoms with Gasteiger partial charge in [0.05, 0.1) is 0 Å². The van der Waals surface area contributed by atoms with Crippen molar-refractivity contribution in [2.75, 3.05) is 0 Å². The first-order valence-electron chi connectivity index (χ1n) is 9.07. The third kappa shape index (κ3) is 2.39. The van der Waals surface area contributed by atoms with Crippen LogP contribution in [0.15, 0.2) is 53.0 Å². The standard InChI is InChI=1S/C22H23Br/c23-21-3-1-2-19(11-21)18-4-6-20(7-5-18)22-12-15-8-16(13-22)10-17(9-15)14-22/h1-7,11,15-17H,8-10,12-14H2. The van der Waals surface area contributed by atoms with Crippen molar-refractivity contribution in [2.45, 2.75) is 43.9 Å². The summed E-state index contributed by atoms with van der Waals surface area (Å²) >= 11 is 3.58. The summed E-state index contributed by atoms with van der Waals surface area (Å²) < 4.78 is 1.15. The molecule has 23 heavy (non-hydrogen) atoms. The van der Waals surface area contributed by atoms with Crippen molar-refractivity contribution in [1.82, 2.24) is 0 Å². The Morgan fingerprint density at radius 1 is 0.739 bits per heavy atom. The molecule has 0 atom stereocenters. The Bertz CT molecular complexity index is 693. The van der Waals surface area contributed by atoms with E-state index in [1.165, 1.54) is 49.7 Å².